The first-order chi connectivity index (χ1) is 14.1. The third-order valence-corrected chi connectivity index (χ3v) is 5.60. The Morgan fingerprint density at radius 2 is 1.90 bits per heavy atom. The fraction of sp³-hybridized carbons (Fsp3) is 0.429. The number of rotatable bonds is 2. The van der Waals surface area contributed by atoms with Crippen LogP contribution in [0.3, 0.4) is 0 Å². The summed E-state index contributed by atoms with van der Waals surface area (Å²) in [4.78, 5) is 33.2. The summed E-state index contributed by atoms with van der Waals surface area (Å²) in [5, 5.41) is 10.7. The first-order valence-electron chi connectivity index (χ1n) is 10.1. The Balaban J connectivity index is 1.62. The van der Waals surface area contributed by atoms with Crippen molar-refractivity contribution in [3.63, 3.8) is 0 Å². The highest BCUT2D eigenvalue weighted by molar-refractivity contribution is 5.94. The Morgan fingerprint density at radius 3 is 2.62 bits per heavy atom. The van der Waals surface area contributed by atoms with Crippen LogP contribution in [0.5, 0.6) is 0 Å². The van der Waals surface area contributed by atoms with E-state index >= 15 is 0 Å². The van der Waals surface area contributed by atoms with Gasteiger partial charge in [0.2, 0.25) is 0 Å². The van der Waals surface area contributed by atoms with Gasteiger partial charge in [0.15, 0.2) is 0 Å². The molecule has 0 saturated carbocycles. The maximum Gasteiger partial charge on any atom is 0.326 e. The van der Waals surface area contributed by atoms with Crippen LogP contribution in [-0.2, 0) is 6.42 Å². The monoisotopic (exact) mass is 394 g/mol. The number of fused-ring (bicyclic) bond motifs is 1. The van der Waals surface area contributed by atoms with Gasteiger partial charge >= 0.3 is 6.03 Å². The van der Waals surface area contributed by atoms with Crippen LogP contribution in [-0.4, -0.2) is 53.1 Å². The second-order valence-corrected chi connectivity index (χ2v) is 7.51. The quantitative estimate of drug-likeness (QED) is 0.817. The Labute approximate surface area is 169 Å². The zero-order chi connectivity index (χ0) is 20.4. The van der Waals surface area contributed by atoms with E-state index < -0.39 is 0 Å². The van der Waals surface area contributed by atoms with Crippen LogP contribution < -0.4 is 15.7 Å². The average molecular weight is 394 g/mol. The summed E-state index contributed by atoms with van der Waals surface area (Å²) < 4.78 is 1.25. The fourth-order valence-electron chi connectivity index (χ4n) is 4.07. The van der Waals surface area contributed by atoms with E-state index in [4.69, 9.17) is 5.41 Å². The van der Waals surface area contributed by atoms with Crippen LogP contribution in [0.4, 0.5) is 16.3 Å². The van der Waals surface area contributed by atoms with E-state index in [0.717, 1.165) is 62.4 Å². The van der Waals surface area contributed by atoms with Gasteiger partial charge in [0, 0.05) is 50.8 Å². The SMILES string of the molecule is CNC(=O)n1ccc(N2CCCc3cc(C(=O)N4CCCCC4)cnc32)cc1=N. The summed E-state index contributed by atoms with van der Waals surface area (Å²) in [6, 6.07) is 5.11. The Hall–Kier alpha value is -3.16. The minimum absolute atomic E-state index is 0.0666. The van der Waals surface area contributed by atoms with E-state index in [1.165, 1.54) is 18.0 Å². The highest BCUT2D eigenvalue weighted by Crippen LogP contribution is 2.31. The second kappa shape index (κ2) is 8.06. The zero-order valence-electron chi connectivity index (χ0n) is 16.6. The minimum Gasteiger partial charge on any atom is -0.340 e. The van der Waals surface area contributed by atoms with Gasteiger partial charge in [-0.05, 0) is 49.8 Å². The second-order valence-electron chi connectivity index (χ2n) is 7.51. The molecule has 0 aromatic carbocycles. The minimum atomic E-state index is -0.348. The summed E-state index contributed by atoms with van der Waals surface area (Å²) in [6.07, 6.45) is 8.40. The molecule has 152 valence electrons. The van der Waals surface area contributed by atoms with Gasteiger partial charge < -0.3 is 15.1 Å². The number of aromatic nitrogens is 2. The number of carbonyl (C=O) groups is 2. The van der Waals surface area contributed by atoms with Crippen LogP contribution in [0.2, 0.25) is 0 Å². The summed E-state index contributed by atoms with van der Waals surface area (Å²) in [5.41, 5.74) is 2.62. The highest BCUT2D eigenvalue weighted by Gasteiger charge is 2.24. The molecule has 4 heterocycles. The van der Waals surface area contributed by atoms with Crippen LogP contribution in [0.1, 0.15) is 41.6 Å². The molecular formula is C21H26N6O2. The molecule has 2 N–H and O–H groups in total. The van der Waals surface area contributed by atoms with Crippen molar-refractivity contribution in [3.8, 4) is 0 Å². The van der Waals surface area contributed by atoms with Crippen molar-refractivity contribution >= 4 is 23.4 Å². The summed E-state index contributed by atoms with van der Waals surface area (Å²) in [6.45, 7) is 2.43. The first-order valence-corrected chi connectivity index (χ1v) is 10.1. The molecule has 0 atom stereocenters. The molecule has 2 aromatic rings. The smallest absolute Gasteiger partial charge is 0.326 e. The fourth-order valence-corrected chi connectivity index (χ4v) is 4.07. The number of carbonyl (C=O) groups excluding carboxylic acids is 2. The Bertz CT molecular complexity index is 993. The molecule has 0 aliphatic carbocycles. The Morgan fingerprint density at radius 1 is 1.10 bits per heavy atom. The normalized spacial score (nSPS) is 16.3. The number of hydrogen-bond donors (Lipinski definition) is 2. The molecule has 0 unspecified atom stereocenters. The standard InChI is InChI=1S/C21H26N6O2/c1-23-21(29)27-11-7-17(13-18(27)22)26-10-5-6-15-12-16(14-24-19(15)26)20(28)25-8-3-2-4-9-25/h7,11-14,22H,2-6,8-10H2,1H3,(H,23,29). The number of aryl methyl sites for hydroxylation is 1. The number of anilines is 2. The molecule has 8 nitrogen and oxygen atoms in total. The van der Waals surface area contributed by atoms with Gasteiger partial charge in [-0.2, -0.15) is 0 Å². The van der Waals surface area contributed by atoms with Gasteiger partial charge in [0.25, 0.3) is 5.91 Å². The number of likely N-dealkylation sites (tertiary alicyclic amines) is 1. The van der Waals surface area contributed by atoms with E-state index in [1.54, 1.807) is 18.5 Å². The number of piperidine rings is 1. The van der Waals surface area contributed by atoms with Crippen LogP contribution >= 0.6 is 0 Å². The van der Waals surface area contributed by atoms with E-state index in [1.807, 2.05) is 17.0 Å². The van der Waals surface area contributed by atoms with E-state index in [0.29, 0.717) is 5.56 Å². The predicted octanol–water partition coefficient (Wildman–Crippen LogP) is 2.26. The molecule has 2 aliphatic heterocycles. The molecule has 1 saturated heterocycles. The predicted molar refractivity (Wildman–Crippen MR) is 109 cm³/mol. The van der Waals surface area contributed by atoms with Crippen molar-refractivity contribution in [1.29, 1.82) is 5.41 Å². The lowest BCUT2D eigenvalue weighted by Gasteiger charge is -2.31. The molecule has 2 aliphatic rings. The number of hydrogen-bond acceptors (Lipinski definition) is 5. The molecule has 0 spiro atoms. The molecule has 0 bridgehead atoms. The molecule has 4 rings (SSSR count). The summed E-state index contributed by atoms with van der Waals surface area (Å²) in [5.74, 6) is 0.889. The van der Waals surface area contributed by atoms with Crippen molar-refractivity contribution in [3.05, 3.63) is 47.2 Å². The maximum absolute atomic E-state index is 12.8. The van der Waals surface area contributed by atoms with Gasteiger partial charge in [-0.1, -0.05) is 0 Å². The molecule has 2 aromatic heterocycles. The lowest BCUT2D eigenvalue weighted by molar-refractivity contribution is 0.0724. The van der Waals surface area contributed by atoms with Crippen LogP contribution in [0.25, 0.3) is 0 Å². The lowest BCUT2D eigenvalue weighted by atomic mass is 10.0. The number of pyridine rings is 2. The van der Waals surface area contributed by atoms with Crippen LogP contribution in [0, 0.1) is 5.41 Å². The van der Waals surface area contributed by atoms with Gasteiger partial charge in [-0.15, -0.1) is 0 Å². The number of amides is 2. The highest BCUT2D eigenvalue weighted by atomic mass is 16.2. The van der Waals surface area contributed by atoms with Gasteiger partial charge in [-0.3, -0.25) is 14.8 Å². The van der Waals surface area contributed by atoms with Gasteiger partial charge in [-0.25, -0.2) is 9.78 Å². The van der Waals surface area contributed by atoms with Crippen molar-refractivity contribution in [1.82, 2.24) is 19.8 Å². The largest absolute Gasteiger partial charge is 0.340 e. The van der Waals surface area contributed by atoms with Crippen molar-refractivity contribution in [2.75, 3.05) is 31.6 Å². The Kier molecular flexibility index (Phi) is 5.33. The van der Waals surface area contributed by atoms with Gasteiger partial charge in [0.05, 0.1) is 5.56 Å². The summed E-state index contributed by atoms with van der Waals surface area (Å²) >= 11 is 0. The summed E-state index contributed by atoms with van der Waals surface area (Å²) in [7, 11) is 1.54. The molecule has 2 amide bonds. The average Bonchev–Trinajstić information content (AvgIpc) is 2.77. The maximum atomic E-state index is 12.8. The van der Waals surface area contributed by atoms with Crippen LogP contribution in [0.15, 0.2) is 30.6 Å². The lowest BCUT2D eigenvalue weighted by Crippen LogP contribution is -2.36. The molecule has 0 radical (unpaired) electrons. The molecular weight excluding hydrogens is 368 g/mol. The molecule has 1 fully saturated rings. The van der Waals surface area contributed by atoms with Crippen molar-refractivity contribution in [2.24, 2.45) is 0 Å². The third kappa shape index (κ3) is 3.74. The first kappa shape index (κ1) is 19.2. The van der Waals surface area contributed by atoms with E-state index in [-0.39, 0.29) is 17.4 Å². The van der Waals surface area contributed by atoms with Gasteiger partial charge in [0.1, 0.15) is 11.3 Å². The molecule has 29 heavy (non-hydrogen) atoms. The zero-order valence-corrected chi connectivity index (χ0v) is 16.6. The third-order valence-electron chi connectivity index (χ3n) is 5.60. The molecule has 8 heteroatoms. The topological polar surface area (TPSA) is 94.3 Å². The van der Waals surface area contributed by atoms with E-state index in [9.17, 15) is 9.59 Å². The van der Waals surface area contributed by atoms with Crippen molar-refractivity contribution < 1.29 is 9.59 Å². The van der Waals surface area contributed by atoms with E-state index in [2.05, 4.69) is 15.2 Å². The number of nitrogens with zero attached hydrogens (tertiary/aromatic N) is 4. The number of nitrogens with one attached hydrogen (secondary N) is 2. The van der Waals surface area contributed by atoms with Crippen molar-refractivity contribution in [2.45, 2.75) is 32.1 Å².